The molecule has 2 N–H and O–H groups in total. The Hall–Kier alpha value is -0.610. The fourth-order valence-electron chi connectivity index (χ4n) is 2.06. The monoisotopic (exact) mass is 227 g/mol. The first-order chi connectivity index (χ1) is 7.56. The Morgan fingerprint density at radius 1 is 1.50 bits per heavy atom. The van der Waals surface area contributed by atoms with Crippen LogP contribution in [0.1, 0.15) is 33.1 Å². The number of carbonyl (C=O) groups is 1. The van der Waals surface area contributed by atoms with E-state index in [2.05, 4.69) is 18.7 Å². The molecule has 1 unspecified atom stereocenters. The maximum atomic E-state index is 12.1. The minimum absolute atomic E-state index is 0.228. The van der Waals surface area contributed by atoms with Crippen molar-refractivity contribution in [3.8, 4) is 0 Å². The van der Waals surface area contributed by atoms with Gasteiger partial charge in [-0.1, -0.05) is 0 Å². The van der Waals surface area contributed by atoms with Crippen LogP contribution in [-0.4, -0.2) is 54.5 Å². The van der Waals surface area contributed by atoms with Crippen molar-refractivity contribution in [1.29, 1.82) is 0 Å². The number of piperidine rings is 1. The number of rotatable bonds is 4. The lowest BCUT2D eigenvalue weighted by Crippen LogP contribution is -2.51. The molecule has 1 aliphatic heterocycles. The summed E-state index contributed by atoms with van der Waals surface area (Å²) < 4.78 is 0. The van der Waals surface area contributed by atoms with Gasteiger partial charge in [0.05, 0.1) is 6.54 Å². The lowest BCUT2D eigenvalue weighted by atomic mass is 10.0. The van der Waals surface area contributed by atoms with E-state index in [1.807, 2.05) is 11.9 Å². The first-order valence-electron chi connectivity index (χ1n) is 6.26. The van der Waals surface area contributed by atoms with Crippen molar-refractivity contribution in [2.24, 2.45) is 5.73 Å². The number of amides is 1. The van der Waals surface area contributed by atoms with Gasteiger partial charge in [0.2, 0.25) is 5.91 Å². The second-order valence-corrected chi connectivity index (χ2v) is 4.98. The van der Waals surface area contributed by atoms with Crippen LogP contribution >= 0.6 is 0 Å². The van der Waals surface area contributed by atoms with Gasteiger partial charge in [-0.15, -0.1) is 0 Å². The first kappa shape index (κ1) is 13.5. The Balaban J connectivity index is 2.50. The molecule has 0 aromatic rings. The quantitative estimate of drug-likeness (QED) is 0.768. The standard InChI is InChI=1S/C12H25N3O/c1-10(2)14(3)9-12(16)15-7-5-4-6-11(15)8-13/h10-11H,4-9,13H2,1-3H3. The number of carbonyl (C=O) groups excluding carboxylic acids is 1. The average Bonchev–Trinajstić information content (AvgIpc) is 2.28. The highest BCUT2D eigenvalue weighted by molar-refractivity contribution is 5.78. The van der Waals surface area contributed by atoms with Gasteiger partial charge in [0, 0.05) is 25.2 Å². The molecule has 0 radical (unpaired) electrons. The van der Waals surface area contributed by atoms with Crippen LogP contribution in [0.2, 0.25) is 0 Å². The topological polar surface area (TPSA) is 49.6 Å². The fraction of sp³-hybridized carbons (Fsp3) is 0.917. The highest BCUT2D eigenvalue weighted by Gasteiger charge is 2.26. The van der Waals surface area contributed by atoms with Crippen LogP contribution in [0.3, 0.4) is 0 Å². The molecular formula is C12H25N3O. The van der Waals surface area contributed by atoms with Crippen LogP contribution in [0.15, 0.2) is 0 Å². The van der Waals surface area contributed by atoms with Gasteiger partial charge in [0.15, 0.2) is 0 Å². The van der Waals surface area contributed by atoms with Crippen LogP contribution in [-0.2, 0) is 4.79 Å². The zero-order valence-electron chi connectivity index (χ0n) is 10.8. The molecule has 1 atom stereocenters. The van der Waals surface area contributed by atoms with E-state index in [0.717, 1.165) is 19.4 Å². The molecule has 1 saturated heterocycles. The Kier molecular flexibility index (Phi) is 5.22. The normalized spacial score (nSPS) is 21.9. The summed E-state index contributed by atoms with van der Waals surface area (Å²) in [7, 11) is 1.99. The number of likely N-dealkylation sites (N-methyl/N-ethyl adjacent to an activating group) is 1. The molecule has 94 valence electrons. The number of nitrogens with zero attached hydrogens (tertiary/aromatic N) is 2. The molecule has 0 bridgehead atoms. The van der Waals surface area contributed by atoms with E-state index < -0.39 is 0 Å². The van der Waals surface area contributed by atoms with Crippen molar-refractivity contribution in [2.75, 3.05) is 26.7 Å². The second-order valence-electron chi connectivity index (χ2n) is 4.98. The zero-order valence-corrected chi connectivity index (χ0v) is 10.8. The summed E-state index contributed by atoms with van der Waals surface area (Å²) in [4.78, 5) is 16.2. The summed E-state index contributed by atoms with van der Waals surface area (Å²) in [5.41, 5.74) is 5.71. The Morgan fingerprint density at radius 3 is 2.75 bits per heavy atom. The summed E-state index contributed by atoms with van der Waals surface area (Å²) in [6, 6.07) is 0.673. The third-order valence-electron chi connectivity index (χ3n) is 3.49. The molecule has 0 aromatic heterocycles. The van der Waals surface area contributed by atoms with Gasteiger partial charge < -0.3 is 10.6 Å². The van der Waals surface area contributed by atoms with E-state index in [1.165, 1.54) is 6.42 Å². The maximum absolute atomic E-state index is 12.1. The van der Waals surface area contributed by atoms with Crippen LogP contribution in [0.4, 0.5) is 0 Å². The molecule has 1 heterocycles. The summed E-state index contributed by atoms with van der Waals surface area (Å²) in [6.45, 7) is 6.19. The molecule has 0 spiro atoms. The summed E-state index contributed by atoms with van der Waals surface area (Å²) in [5, 5.41) is 0. The SMILES string of the molecule is CC(C)N(C)CC(=O)N1CCCCC1CN. The smallest absolute Gasteiger partial charge is 0.237 e. The lowest BCUT2D eigenvalue weighted by molar-refractivity contribution is -0.135. The molecule has 0 aliphatic carbocycles. The molecular weight excluding hydrogens is 202 g/mol. The van der Waals surface area contributed by atoms with E-state index >= 15 is 0 Å². The van der Waals surface area contributed by atoms with Crippen LogP contribution in [0, 0.1) is 0 Å². The second kappa shape index (κ2) is 6.21. The van der Waals surface area contributed by atoms with Gasteiger partial charge in [-0.25, -0.2) is 0 Å². The van der Waals surface area contributed by atoms with Crippen molar-refractivity contribution in [3.63, 3.8) is 0 Å². The predicted octanol–water partition coefficient (Wildman–Crippen LogP) is 0.666. The number of nitrogens with two attached hydrogens (primary N) is 1. The molecule has 0 saturated carbocycles. The van der Waals surface area contributed by atoms with Gasteiger partial charge in [0.1, 0.15) is 0 Å². The third-order valence-corrected chi connectivity index (χ3v) is 3.49. The molecule has 4 nitrogen and oxygen atoms in total. The van der Waals surface area contributed by atoms with E-state index in [0.29, 0.717) is 19.1 Å². The largest absolute Gasteiger partial charge is 0.337 e. The first-order valence-corrected chi connectivity index (χ1v) is 6.26. The Morgan fingerprint density at radius 2 is 2.19 bits per heavy atom. The summed E-state index contributed by atoms with van der Waals surface area (Å²) in [5.74, 6) is 0.228. The van der Waals surface area contributed by atoms with Crippen molar-refractivity contribution < 1.29 is 4.79 Å². The third kappa shape index (κ3) is 3.46. The van der Waals surface area contributed by atoms with Crippen molar-refractivity contribution in [1.82, 2.24) is 9.80 Å². The fourth-order valence-corrected chi connectivity index (χ4v) is 2.06. The van der Waals surface area contributed by atoms with Gasteiger partial charge >= 0.3 is 0 Å². The molecule has 16 heavy (non-hydrogen) atoms. The van der Waals surface area contributed by atoms with Crippen molar-refractivity contribution in [2.45, 2.75) is 45.2 Å². The van der Waals surface area contributed by atoms with Gasteiger partial charge in [-0.2, -0.15) is 0 Å². The van der Waals surface area contributed by atoms with Crippen molar-refractivity contribution in [3.05, 3.63) is 0 Å². The number of likely N-dealkylation sites (tertiary alicyclic amines) is 1. The minimum Gasteiger partial charge on any atom is -0.337 e. The Labute approximate surface area is 98.8 Å². The van der Waals surface area contributed by atoms with E-state index in [4.69, 9.17) is 5.73 Å². The molecule has 1 amide bonds. The van der Waals surface area contributed by atoms with Crippen LogP contribution in [0.5, 0.6) is 0 Å². The zero-order chi connectivity index (χ0) is 12.1. The number of hydrogen-bond donors (Lipinski definition) is 1. The lowest BCUT2D eigenvalue weighted by Gasteiger charge is -2.36. The van der Waals surface area contributed by atoms with Crippen molar-refractivity contribution >= 4 is 5.91 Å². The Bertz CT molecular complexity index is 230. The molecule has 0 aromatic carbocycles. The average molecular weight is 227 g/mol. The molecule has 1 fully saturated rings. The van der Waals surface area contributed by atoms with E-state index in [9.17, 15) is 4.79 Å². The van der Waals surface area contributed by atoms with Gasteiger partial charge in [-0.05, 0) is 40.2 Å². The van der Waals surface area contributed by atoms with Gasteiger partial charge in [-0.3, -0.25) is 9.69 Å². The number of hydrogen-bond acceptors (Lipinski definition) is 3. The summed E-state index contributed by atoms with van der Waals surface area (Å²) >= 11 is 0. The van der Waals surface area contributed by atoms with E-state index in [-0.39, 0.29) is 11.9 Å². The highest BCUT2D eigenvalue weighted by Crippen LogP contribution is 2.16. The van der Waals surface area contributed by atoms with Crippen LogP contribution < -0.4 is 5.73 Å². The summed E-state index contributed by atoms with van der Waals surface area (Å²) in [6.07, 6.45) is 3.38. The highest BCUT2D eigenvalue weighted by atomic mass is 16.2. The van der Waals surface area contributed by atoms with Gasteiger partial charge in [0.25, 0.3) is 0 Å². The predicted molar refractivity (Wildman–Crippen MR) is 66.2 cm³/mol. The van der Waals surface area contributed by atoms with E-state index in [1.54, 1.807) is 0 Å². The molecule has 1 aliphatic rings. The van der Waals surface area contributed by atoms with Crippen LogP contribution in [0.25, 0.3) is 0 Å². The minimum atomic E-state index is 0.228. The molecule has 1 rings (SSSR count). The maximum Gasteiger partial charge on any atom is 0.237 e. The molecule has 4 heteroatoms.